The molecule has 2 aliphatic rings. The van der Waals surface area contributed by atoms with E-state index in [9.17, 15) is 10.5 Å². The van der Waals surface area contributed by atoms with Crippen molar-refractivity contribution in [1.29, 1.82) is 10.5 Å². The Morgan fingerprint density at radius 3 is 2.43 bits per heavy atom. The van der Waals surface area contributed by atoms with Crippen LogP contribution >= 0.6 is 11.3 Å². The van der Waals surface area contributed by atoms with Gasteiger partial charge < -0.3 is 4.57 Å². The highest BCUT2D eigenvalue weighted by Gasteiger charge is 2.37. The first-order valence-electron chi connectivity index (χ1n) is 15.8. The van der Waals surface area contributed by atoms with Crippen molar-refractivity contribution in [2.75, 3.05) is 0 Å². The number of rotatable bonds is 2. The molecule has 0 radical (unpaired) electrons. The van der Waals surface area contributed by atoms with Gasteiger partial charge in [-0.05, 0) is 65.1 Å². The summed E-state index contributed by atoms with van der Waals surface area (Å²) in [7, 11) is 0. The third kappa shape index (κ3) is 3.63. The number of allylic oxidation sites excluding steroid dienone is 4. The van der Waals surface area contributed by atoms with Crippen LogP contribution in [0.25, 0.3) is 58.8 Å². The molecule has 0 aliphatic heterocycles. The zero-order valence-electron chi connectivity index (χ0n) is 25.6. The van der Waals surface area contributed by atoms with Crippen LogP contribution < -0.4 is 0 Å². The fourth-order valence-electron chi connectivity index (χ4n) is 8.10. The molecule has 7 aromatic rings. The first kappa shape index (κ1) is 26.9. The molecule has 3 nitrogen and oxygen atoms in total. The summed E-state index contributed by atoms with van der Waals surface area (Å²) in [5.41, 5.74) is 11.2. The number of benzene rings is 5. The highest BCUT2D eigenvalue weighted by atomic mass is 32.1. The first-order valence-corrected chi connectivity index (χ1v) is 16.6. The molecule has 0 N–H and O–H groups in total. The summed E-state index contributed by atoms with van der Waals surface area (Å²) in [6, 6.07) is 39.7. The second-order valence-electron chi connectivity index (χ2n) is 13.0. The van der Waals surface area contributed by atoms with E-state index >= 15 is 0 Å². The van der Waals surface area contributed by atoms with Crippen molar-refractivity contribution in [3.63, 3.8) is 0 Å². The topological polar surface area (TPSA) is 52.5 Å². The molecule has 0 spiro atoms. The van der Waals surface area contributed by atoms with Gasteiger partial charge in [0.05, 0.1) is 34.3 Å². The third-order valence-corrected chi connectivity index (χ3v) is 11.5. The van der Waals surface area contributed by atoms with E-state index in [0.717, 1.165) is 39.5 Å². The van der Waals surface area contributed by atoms with Gasteiger partial charge in [0.15, 0.2) is 0 Å². The van der Waals surface area contributed by atoms with E-state index in [2.05, 4.69) is 116 Å². The lowest BCUT2D eigenvalue weighted by Gasteiger charge is -2.23. The molecule has 1 atom stereocenters. The highest BCUT2D eigenvalue weighted by Crippen LogP contribution is 2.54. The predicted octanol–water partition coefficient (Wildman–Crippen LogP) is 11.2. The number of nitrogens with zero attached hydrogens (tertiary/aromatic N) is 3. The summed E-state index contributed by atoms with van der Waals surface area (Å²) >= 11 is 1.89. The van der Waals surface area contributed by atoms with Crippen molar-refractivity contribution in [2.45, 2.75) is 38.0 Å². The predicted molar refractivity (Wildman–Crippen MR) is 191 cm³/mol. The van der Waals surface area contributed by atoms with Crippen molar-refractivity contribution in [3.05, 3.63) is 137 Å². The molecule has 2 aliphatic carbocycles. The van der Waals surface area contributed by atoms with Gasteiger partial charge in [-0.2, -0.15) is 10.5 Å². The van der Waals surface area contributed by atoms with E-state index in [4.69, 9.17) is 0 Å². The molecular weight excluding hydrogens is 579 g/mol. The fraction of sp³-hybridized carbons (Fsp3) is 0.143. The van der Waals surface area contributed by atoms with Crippen LogP contribution in [-0.4, -0.2) is 4.57 Å². The van der Waals surface area contributed by atoms with Gasteiger partial charge in [0.25, 0.3) is 0 Å². The lowest BCUT2D eigenvalue weighted by atomic mass is 9.82. The summed E-state index contributed by atoms with van der Waals surface area (Å²) < 4.78 is 4.93. The van der Waals surface area contributed by atoms with Crippen LogP contribution in [0, 0.1) is 22.7 Å². The smallest absolute Gasteiger partial charge is 0.0991 e. The van der Waals surface area contributed by atoms with Gasteiger partial charge in [-0.3, -0.25) is 0 Å². The van der Waals surface area contributed by atoms with Crippen LogP contribution in [0.2, 0.25) is 0 Å². The molecule has 4 heteroatoms. The normalized spacial score (nSPS) is 16.9. The minimum absolute atomic E-state index is 0.0171. The number of hydrogen-bond donors (Lipinski definition) is 0. The minimum atomic E-state index is -0.0299. The molecular formula is C42H29N3S. The summed E-state index contributed by atoms with van der Waals surface area (Å²) in [5, 5.41) is 24.9. The van der Waals surface area contributed by atoms with Crippen LogP contribution in [0.5, 0.6) is 0 Å². The number of nitriles is 2. The van der Waals surface area contributed by atoms with E-state index in [1.165, 1.54) is 48.0 Å². The summed E-state index contributed by atoms with van der Waals surface area (Å²) in [4.78, 5) is 0. The Labute approximate surface area is 271 Å². The minimum Gasteiger partial charge on any atom is -0.311 e. The standard InChI is InChI=1S/C42H29N3S/c1-42(2)34-13-7-5-12-31(34)39-35(42)18-17-30-33-22-26(16-20-38(33)46-41(30)39)28-10-4-3-9-27(24-44)40(28)45-36-14-8-6-11-29(36)32-21-25(23-43)15-19-37(32)45/h3-8,11-22,28H,9-10H2,1-2H3. The third-order valence-electron chi connectivity index (χ3n) is 10.3. The Bertz CT molecular complexity index is 2590. The maximum Gasteiger partial charge on any atom is 0.0991 e. The Morgan fingerprint density at radius 2 is 1.57 bits per heavy atom. The van der Waals surface area contributed by atoms with E-state index in [1.54, 1.807) is 0 Å². The Morgan fingerprint density at radius 1 is 0.739 bits per heavy atom. The largest absolute Gasteiger partial charge is 0.311 e. The average molecular weight is 608 g/mol. The van der Waals surface area contributed by atoms with Crippen molar-refractivity contribution in [2.24, 2.45) is 0 Å². The summed E-state index contributed by atoms with van der Waals surface area (Å²) in [6.45, 7) is 4.68. The fourth-order valence-corrected chi connectivity index (χ4v) is 9.35. The van der Waals surface area contributed by atoms with Gasteiger partial charge in [0.1, 0.15) is 0 Å². The molecule has 2 heterocycles. The lowest BCUT2D eigenvalue weighted by Crippen LogP contribution is -2.14. The van der Waals surface area contributed by atoms with Gasteiger partial charge >= 0.3 is 0 Å². The number of aromatic nitrogens is 1. The second kappa shape index (κ2) is 9.79. The Kier molecular flexibility index (Phi) is 5.73. The molecule has 1 unspecified atom stereocenters. The molecule has 5 aromatic carbocycles. The lowest BCUT2D eigenvalue weighted by molar-refractivity contribution is 0.661. The van der Waals surface area contributed by atoms with Crippen molar-refractivity contribution < 1.29 is 0 Å². The van der Waals surface area contributed by atoms with Gasteiger partial charge in [-0.15, -0.1) is 11.3 Å². The van der Waals surface area contributed by atoms with Gasteiger partial charge in [0, 0.05) is 60.0 Å². The number of thiophene rings is 1. The van der Waals surface area contributed by atoms with Crippen LogP contribution in [0.4, 0.5) is 0 Å². The van der Waals surface area contributed by atoms with Crippen molar-refractivity contribution in [1.82, 2.24) is 4.57 Å². The molecule has 218 valence electrons. The molecule has 46 heavy (non-hydrogen) atoms. The van der Waals surface area contributed by atoms with E-state index in [0.29, 0.717) is 12.0 Å². The molecule has 0 bridgehead atoms. The quantitative estimate of drug-likeness (QED) is 0.184. The van der Waals surface area contributed by atoms with Crippen LogP contribution in [-0.2, 0) is 5.41 Å². The van der Waals surface area contributed by atoms with Crippen LogP contribution in [0.1, 0.15) is 54.9 Å². The molecule has 0 fully saturated rings. The SMILES string of the molecule is CC1(C)c2ccccc2-c2c1ccc1c2sc2ccc(C3CC=CCC(C#N)=C3n3c4ccccc4c4cc(C#N)ccc43)cc21. The maximum atomic E-state index is 10.6. The molecule has 0 saturated heterocycles. The maximum absolute atomic E-state index is 10.6. The molecule has 2 aromatic heterocycles. The average Bonchev–Trinajstić information content (AvgIpc) is 3.63. The van der Waals surface area contributed by atoms with Crippen molar-refractivity contribution >= 4 is 59.0 Å². The van der Waals surface area contributed by atoms with Crippen molar-refractivity contribution in [3.8, 4) is 23.3 Å². The molecule has 0 amide bonds. The van der Waals surface area contributed by atoms with Gasteiger partial charge in [0.2, 0.25) is 0 Å². The molecule has 0 saturated carbocycles. The van der Waals surface area contributed by atoms with E-state index in [1.807, 2.05) is 35.6 Å². The second-order valence-corrected chi connectivity index (χ2v) is 14.1. The number of para-hydroxylation sites is 1. The van der Waals surface area contributed by atoms with E-state index in [-0.39, 0.29) is 11.3 Å². The first-order chi connectivity index (χ1) is 22.5. The number of hydrogen-bond acceptors (Lipinski definition) is 3. The number of fused-ring (bicyclic) bond motifs is 10. The van der Waals surface area contributed by atoms with Crippen LogP contribution in [0.3, 0.4) is 0 Å². The van der Waals surface area contributed by atoms with E-state index < -0.39 is 0 Å². The zero-order valence-corrected chi connectivity index (χ0v) is 26.5. The van der Waals surface area contributed by atoms with Gasteiger partial charge in [-0.25, -0.2) is 0 Å². The highest BCUT2D eigenvalue weighted by molar-refractivity contribution is 7.26. The molecule has 9 rings (SSSR count). The van der Waals surface area contributed by atoms with Gasteiger partial charge in [-0.1, -0.05) is 86.7 Å². The summed E-state index contributed by atoms with van der Waals surface area (Å²) in [5.74, 6) is -0.0171. The summed E-state index contributed by atoms with van der Waals surface area (Å²) in [6.07, 6.45) is 5.77. The Hall–Kier alpha value is -5.42. The Balaban J connectivity index is 1.29. The van der Waals surface area contributed by atoms with Crippen LogP contribution in [0.15, 0.2) is 115 Å². The zero-order chi connectivity index (χ0) is 31.2. The monoisotopic (exact) mass is 607 g/mol.